The number of nitrogens with one attached hydrogen (secondary N) is 2. The first-order chi connectivity index (χ1) is 17.4. The molecule has 37 heavy (non-hydrogen) atoms. The lowest BCUT2D eigenvalue weighted by molar-refractivity contribution is 0.0287. The molecule has 2 N–H and O–H groups in total. The van der Waals surface area contributed by atoms with Gasteiger partial charge in [-0.15, -0.1) is 0 Å². The standard InChI is InChI=1S/C15H18N2O3S.C12H24N2O2.2H2/c1-2-21(19,20)17-15(18)16-14-12-7-3-5-10(12)9-11-6-4-8-13(11)14;1-12(2,3)16-11(15)13(4)9-10-14-7-5-6-8-14;;/h2,9H,1,3-8H2,(H2,16,17,18);5-10H2,1-4H3;2*1H. The molecule has 3 amide bonds. The molecule has 10 heteroatoms. The van der Waals surface area contributed by atoms with Gasteiger partial charge in [0.05, 0.1) is 0 Å². The van der Waals surface area contributed by atoms with Crippen LogP contribution in [-0.4, -0.2) is 69.2 Å². The molecule has 1 aliphatic heterocycles. The number of ether oxygens (including phenoxy) is 1. The first-order valence-electron chi connectivity index (χ1n) is 13.2. The van der Waals surface area contributed by atoms with Gasteiger partial charge in [0, 0.05) is 34.1 Å². The highest BCUT2D eigenvalue weighted by Crippen LogP contribution is 2.38. The third-order valence-corrected chi connectivity index (χ3v) is 7.73. The number of benzene rings is 1. The summed E-state index contributed by atoms with van der Waals surface area (Å²) in [5.41, 5.74) is 5.34. The Labute approximate surface area is 224 Å². The molecule has 0 spiro atoms. The van der Waals surface area contributed by atoms with Crippen molar-refractivity contribution in [2.24, 2.45) is 0 Å². The molecule has 1 saturated heterocycles. The van der Waals surface area contributed by atoms with E-state index in [1.807, 2.05) is 25.5 Å². The molecule has 0 radical (unpaired) electrons. The lowest BCUT2D eigenvalue weighted by Gasteiger charge is -2.26. The van der Waals surface area contributed by atoms with Gasteiger partial charge < -0.3 is 19.9 Å². The number of hydrogen-bond acceptors (Lipinski definition) is 6. The number of fused-ring (bicyclic) bond motifs is 2. The first kappa shape index (κ1) is 29.0. The Bertz CT molecular complexity index is 1080. The van der Waals surface area contributed by atoms with E-state index in [9.17, 15) is 18.0 Å². The number of sulfonamides is 1. The molecule has 9 nitrogen and oxygen atoms in total. The van der Waals surface area contributed by atoms with Gasteiger partial charge in [-0.1, -0.05) is 12.6 Å². The van der Waals surface area contributed by atoms with Gasteiger partial charge in [-0.05, 0) is 107 Å². The molecule has 0 bridgehead atoms. The van der Waals surface area contributed by atoms with Crippen molar-refractivity contribution < 1.29 is 25.6 Å². The largest absolute Gasteiger partial charge is 0.444 e. The number of nitrogens with zero attached hydrogens (tertiary/aromatic N) is 2. The molecular weight excluding hydrogens is 492 g/mol. The molecule has 1 heterocycles. The van der Waals surface area contributed by atoms with E-state index in [-0.39, 0.29) is 8.95 Å². The Morgan fingerprint density at radius 1 is 1.08 bits per heavy atom. The van der Waals surface area contributed by atoms with Crippen LogP contribution in [0.25, 0.3) is 0 Å². The summed E-state index contributed by atoms with van der Waals surface area (Å²) in [7, 11) is -1.97. The highest BCUT2D eigenvalue weighted by Gasteiger charge is 2.25. The quantitative estimate of drug-likeness (QED) is 0.544. The summed E-state index contributed by atoms with van der Waals surface area (Å²) in [6.45, 7) is 12.9. The van der Waals surface area contributed by atoms with Crippen molar-refractivity contribution in [3.05, 3.63) is 40.3 Å². The van der Waals surface area contributed by atoms with Crippen LogP contribution in [0, 0.1) is 0 Å². The van der Waals surface area contributed by atoms with Crippen molar-refractivity contribution in [3.8, 4) is 0 Å². The Morgan fingerprint density at radius 2 is 1.65 bits per heavy atom. The van der Waals surface area contributed by atoms with E-state index < -0.39 is 21.7 Å². The average Bonchev–Trinajstić information content (AvgIpc) is 3.57. The lowest BCUT2D eigenvalue weighted by Crippen LogP contribution is -2.38. The fraction of sp³-hybridized carbons (Fsp3) is 0.630. The van der Waals surface area contributed by atoms with Crippen LogP contribution in [0.15, 0.2) is 18.1 Å². The highest BCUT2D eigenvalue weighted by atomic mass is 32.2. The fourth-order valence-corrected chi connectivity index (χ4v) is 5.40. The number of likely N-dealkylation sites (tertiary alicyclic amines) is 1. The number of likely N-dealkylation sites (N-methyl/N-ethyl adjacent to an activating group) is 1. The predicted molar refractivity (Wildman–Crippen MR) is 151 cm³/mol. The van der Waals surface area contributed by atoms with Crippen LogP contribution in [0.4, 0.5) is 15.3 Å². The highest BCUT2D eigenvalue weighted by molar-refractivity contribution is 7.92. The molecular formula is C27H46N4O5S. The maximum atomic E-state index is 11.9. The van der Waals surface area contributed by atoms with Crippen molar-refractivity contribution in [3.63, 3.8) is 0 Å². The van der Waals surface area contributed by atoms with Crippen LogP contribution in [0.2, 0.25) is 0 Å². The number of anilines is 1. The Hall–Kier alpha value is -2.59. The molecule has 210 valence electrons. The van der Waals surface area contributed by atoms with Crippen LogP contribution in [-0.2, 0) is 40.4 Å². The SMILES string of the molecule is C=CS(=O)(=O)NC(=O)Nc1c2c(cc3c1CCC3)CCC2.CN(CCN1CCCC1)C(=O)OC(C)(C)C.[HH].[HH]. The van der Waals surface area contributed by atoms with Gasteiger partial charge >= 0.3 is 12.1 Å². The maximum Gasteiger partial charge on any atom is 0.410 e. The summed E-state index contributed by atoms with van der Waals surface area (Å²) in [6, 6.07) is 1.54. The number of carbonyl (C=O) groups is 2. The van der Waals surface area contributed by atoms with Crippen molar-refractivity contribution >= 4 is 27.8 Å². The van der Waals surface area contributed by atoms with Crippen molar-refractivity contribution in [2.75, 3.05) is 38.5 Å². The first-order valence-corrected chi connectivity index (χ1v) is 14.7. The zero-order chi connectivity index (χ0) is 27.2. The summed E-state index contributed by atoms with van der Waals surface area (Å²) in [5, 5.41) is 3.48. The summed E-state index contributed by atoms with van der Waals surface area (Å²) in [4.78, 5) is 27.6. The van der Waals surface area contributed by atoms with Crippen LogP contribution < -0.4 is 10.0 Å². The van der Waals surface area contributed by atoms with E-state index >= 15 is 0 Å². The Morgan fingerprint density at radius 3 is 2.16 bits per heavy atom. The average molecular weight is 539 g/mol. The minimum absolute atomic E-state index is 0. The van der Waals surface area contributed by atoms with Crippen LogP contribution >= 0.6 is 0 Å². The second-order valence-corrected chi connectivity index (χ2v) is 12.6. The minimum Gasteiger partial charge on any atom is -0.444 e. The smallest absolute Gasteiger partial charge is 0.410 e. The van der Waals surface area contributed by atoms with Gasteiger partial charge in [-0.2, -0.15) is 0 Å². The lowest BCUT2D eigenvalue weighted by atomic mass is 9.99. The normalized spacial score (nSPS) is 16.8. The van der Waals surface area contributed by atoms with Gasteiger partial charge in [0.1, 0.15) is 5.60 Å². The Balaban J connectivity index is 0.000000385. The molecule has 0 unspecified atom stereocenters. The van der Waals surface area contributed by atoms with Crippen LogP contribution in [0.3, 0.4) is 0 Å². The van der Waals surface area contributed by atoms with E-state index in [1.165, 1.54) is 48.2 Å². The van der Waals surface area contributed by atoms with Gasteiger partial charge in [0.15, 0.2) is 0 Å². The van der Waals surface area contributed by atoms with E-state index in [0.29, 0.717) is 0 Å². The third kappa shape index (κ3) is 8.46. The van der Waals surface area contributed by atoms with Gasteiger partial charge in [-0.3, -0.25) is 0 Å². The molecule has 1 fully saturated rings. The van der Waals surface area contributed by atoms with E-state index in [1.54, 1.807) is 11.9 Å². The molecule has 4 rings (SSSR count). The molecule has 3 aliphatic rings. The predicted octanol–water partition coefficient (Wildman–Crippen LogP) is 4.70. The molecule has 0 atom stereocenters. The van der Waals surface area contributed by atoms with Gasteiger partial charge in [0.25, 0.3) is 10.0 Å². The number of carbonyl (C=O) groups excluding carboxylic acids is 2. The van der Waals surface area contributed by atoms with Gasteiger partial charge in [0.2, 0.25) is 0 Å². The van der Waals surface area contributed by atoms with E-state index in [0.717, 1.165) is 62.7 Å². The zero-order valence-corrected chi connectivity index (χ0v) is 23.5. The van der Waals surface area contributed by atoms with Crippen LogP contribution in [0.5, 0.6) is 0 Å². The zero-order valence-electron chi connectivity index (χ0n) is 22.7. The van der Waals surface area contributed by atoms with Gasteiger partial charge in [-0.25, -0.2) is 22.7 Å². The van der Waals surface area contributed by atoms with E-state index in [4.69, 9.17) is 4.74 Å². The minimum atomic E-state index is -3.77. The molecule has 0 saturated carbocycles. The second-order valence-electron chi connectivity index (χ2n) is 11.0. The monoisotopic (exact) mass is 538 g/mol. The molecule has 2 aliphatic carbocycles. The molecule has 1 aromatic carbocycles. The van der Waals surface area contributed by atoms with E-state index in [2.05, 4.69) is 22.9 Å². The number of rotatable bonds is 6. The summed E-state index contributed by atoms with van der Waals surface area (Å²) >= 11 is 0. The molecule has 0 aromatic heterocycles. The third-order valence-electron chi connectivity index (χ3n) is 6.82. The number of urea groups is 1. The van der Waals surface area contributed by atoms with Crippen molar-refractivity contribution in [2.45, 2.75) is 77.7 Å². The second kappa shape index (κ2) is 12.3. The molecule has 1 aromatic rings. The van der Waals surface area contributed by atoms with Crippen LogP contribution in [0.1, 0.15) is 71.6 Å². The topological polar surface area (TPSA) is 108 Å². The fourth-order valence-electron chi connectivity index (χ4n) is 5.01. The number of hydrogen-bond donors (Lipinski definition) is 2. The Kier molecular flexibility index (Phi) is 9.63. The van der Waals surface area contributed by atoms with Crippen molar-refractivity contribution in [1.29, 1.82) is 0 Å². The number of aryl methyl sites for hydroxylation is 2. The summed E-state index contributed by atoms with van der Waals surface area (Å²) in [6.07, 6.45) is 8.45. The summed E-state index contributed by atoms with van der Waals surface area (Å²) < 4.78 is 30.0. The van der Waals surface area contributed by atoms with Crippen molar-refractivity contribution in [1.82, 2.24) is 14.5 Å². The maximum absolute atomic E-state index is 11.9. The number of amides is 3. The summed E-state index contributed by atoms with van der Waals surface area (Å²) in [5.74, 6) is 0.